The van der Waals surface area contributed by atoms with Gasteiger partial charge in [0.1, 0.15) is 5.78 Å². The molecule has 1 aromatic rings. The van der Waals surface area contributed by atoms with Gasteiger partial charge in [-0.25, -0.2) is 0 Å². The van der Waals surface area contributed by atoms with Crippen molar-refractivity contribution >= 4 is 17.7 Å². The fourth-order valence-corrected chi connectivity index (χ4v) is 2.01. The number of hydrogen-bond acceptors (Lipinski definition) is 3. The van der Waals surface area contributed by atoms with Crippen LogP contribution in [0.2, 0.25) is 0 Å². The molecule has 1 aromatic carbocycles. The van der Waals surface area contributed by atoms with Crippen molar-refractivity contribution in [1.29, 1.82) is 0 Å². The molecule has 0 fully saturated rings. The summed E-state index contributed by atoms with van der Waals surface area (Å²) in [5.74, 6) is 0.348. The molecule has 0 atom stereocenters. The molecule has 1 aliphatic rings. The highest BCUT2D eigenvalue weighted by Crippen LogP contribution is 2.23. The molecule has 2 nitrogen and oxygen atoms in total. The molecule has 0 radical (unpaired) electrons. The molecule has 0 spiro atoms. The smallest absolute Gasteiger partial charge is 0.137 e. The van der Waals surface area contributed by atoms with E-state index in [2.05, 4.69) is 6.07 Å². The molecule has 3 heteroatoms. The molecular weight excluding hydrogens is 182 g/mol. The predicted octanol–water partition coefficient (Wildman–Crippen LogP) is 1.71. The van der Waals surface area contributed by atoms with Crippen molar-refractivity contribution in [2.75, 3.05) is 0 Å². The fraction of sp³-hybridized carbons (Fsp3) is 0.300. The maximum absolute atomic E-state index is 11.2. The highest BCUT2D eigenvalue weighted by atomic mass is 32.2. The van der Waals surface area contributed by atoms with Gasteiger partial charge in [-0.05, 0) is 41.6 Å². The summed E-state index contributed by atoms with van der Waals surface area (Å²) in [6, 6.07) is 6.08. The van der Waals surface area contributed by atoms with Crippen LogP contribution >= 0.6 is 11.9 Å². The lowest BCUT2D eigenvalue weighted by molar-refractivity contribution is -0.118. The highest BCUT2D eigenvalue weighted by Gasteiger charge is 2.15. The zero-order valence-corrected chi connectivity index (χ0v) is 8.06. The standard InChI is InChI=1S/C10H11NOS/c11-13-10-4-2-7-5-9(12)3-1-8(7)6-10/h2,4,6H,1,3,5,11H2. The summed E-state index contributed by atoms with van der Waals surface area (Å²) in [4.78, 5) is 12.2. The summed E-state index contributed by atoms with van der Waals surface area (Å²) in [5, 5.41) is 5.46. The van der Waals surface area contributed by atoms with Crippen molar-refractivity contribution < 1.29 is 4.79 Å². The molecule has 0 aromatic heterocycles. The van der Waals surface area contributed by atoms with E-state index >= 15 is 0 Å². The van der Waals surface area contributed by atoms with Crippen LogP contribution in [0.25, 0.3) is 0 Å². The van der Waals surface area contributed by atoms with Gasteiger partial charge in [-0.2, -0.15) is 0 Å². The molecule has 0 amide bonds. The normalized spacial score (nSPS) is 15.6. The van der Waals surface area contributed by atoms with Crippen LogP contribution < -0.4 is 5.14 Å². The summed E-state index contributed by atoms with van der Waals surface area (Å²) in [6.45, 7) is 0. The van der Waals surface area contributed by atoms with Gasteiger partial charge in [-0.1, -0.05) is 6.07 Å². The van der Waals surface area contributed by atoms with Gasteiger partial charge in [0.05, 0.1) is 0 Å². The van der Waals surface area contributed by atoms with E-state index in [0.29, 0.717) is 18.6 Å². The highest BCUT2D eigenvalue weighted by molar-refractivity contribution is 7.97. The Kier molecular flexibility index (Phi) is 2.38. The second kappa shape index (κ2) is 3.52. The van der Waals surface area contributed by atoms with Gasteiger partial charge in [-0.15, -0.1) is 0 Å². The first kappa shape index (κ1) is 8.78. The van der Waals surface area contributed by atoms with Crippen molar-refractivity contribution in [3.05, 3.63) is 29.3 Å². The molecular formula is C10H11NOS. The summed E-state index contributed by atoms with van der Waals surface area (Å²) >= 11 is 1.26. The minimum Gasteiger partial charge on any atom is -0.299 e. The number of fused-ring (bicyclic) bond motifs is 1. The lowest BCUT2D eigenvalue weighted by Gasteiger charge is -2.14. The van der Waals surface area contributed by atoms with Gasteiger partial charge in [0.25, 0.3) is 0 Å². The monoisotopic (exact) mass is 193 g/mol. The van der Waals surface area contributed by atoms with E-state index in [0.717, 1.165) is 11.3 Å². The Morgan fingerprint density at radius 1 is 1.23 bits per heavy atom. The molecule has 2 N–H and O–H groups in total. The molecule has 0 saturated heterocycles. The van der Waals surface area contributed by atoms with Crippen LogP contribution in [0.3, 0.4) is 0 Å². The van der Waals surface area contributed by atoms with Gasteiger partial charge < -0.3 is 0 Å². The van der Waals surface area contributed by atoms with E-state index < -0.39 is 0 Å². The number of rotatable bonds is 1. The lowest BCUT2D eigenvalue weighted by Crippen LogP contribution is -2.13. The fourth-order valence-electron chi connectivity index (χ4n) is 1.66. The molecule has 68 valence electrons. The van der Waals surface area contributed by atoms with Gasteiger partial charge in [0, 0.05) is 17.7 Å². The number of carbonyl (C=O) groups excluding carboxylic acids is 1. The van der Waals surface area contributed by atoms with Crippen molar-refractivity contribution in [2.24, 2.45) is 5.14 Å². The molecule has 0 heterocycles. The van der Waals surface area contributed by atoms with Gasteiger partial charge in [-0.3, -0.25) is 9.93 Å². The average molecular weight is 193 g/mol. The van der Waals surface area contributed by atoms with E-state index in [4.69, 9.17) is 5.14 Å². The van der Waals surface area contributed by atoms with Crippen LogP contribution in [0.4, 0.5) is 0 Å². The zero-order chi connectivity index (χ0) is 9.26. The van der Waals surface area contributed by atoms with Crippen molar-refractivity contribution in [3.8, 4) is 0 Å². The Balaban J connectivity index is 2.36. The number of benzene rings is 1. The van der Waals surface area contributed by atoms with Crippen LogP contribution in [-0.4, -0.2) is 5.78 Å². The Hall–Kier alpha value is -0.800. The average Bonchev–Trinajstić information content (AvgIpc) is 2.17. The van der Waals surface area contributed by atoms with Gasteiger partial charge in [0.2, 0.25) is 0 Å². The number of carbonyl (C=O) groups is 1. The third-order valence-electron chi connectivity index (χ3n) is 2.37. The van der Waals surface area contributed by atoms with E-state index in [-0.39, 0.29) is 0 Å². The molecule has 1 aliphatic carbocycles. The second-order valence-corrected chi connectivity index (χ2v) is 3.97. The molecule has 2 rings (SSSR count). The van der Waals surface area contributed by atoms with E-state index in [1.54, 1.807) is 0 Å². The Bertz CT molecular complexity index is 349. The minimum absolute atomic E-state index is 0.348. The van der Waals surface area contributed by atoms with Crippen molar-refractivity contribution in [1.82, 2.24) is 0 Å². The van der Waals surface area contributed by atoms with E-state index in [9.17, 15) is 4.79 Å². The second-order valence-electron chi connectivity index (χ2n) is 3.26. The number of Topliss-reactive ketones (excluding diaryl/α,β-unsaturated/α-hetero) is 1. The molecule has 0 bridgehead atoms. The maximum Gasteiger partial charge on any atom is 0.137 e. The summed E-state index contributed by atoms with van der Waals surface area (Å²) in [5.41, 5.74) is 2.46. The lowest BCUT2D eigenvalue weighted by atomic mass is 9.91. The Morgan fingerprint density at radius 2 is 2.08 bits per heavy atom. The first-order valence-electron chi connectivity index (χ1n) is 4.30. The summed E-state index contributed by atoms with van der Waals surface area (Å²) in [7, 11) is 0. The third kappa shape index (κ3) is 1.76. The largest absolute Gasteiger partial charge is 0.299 e. The SMILES string of the molecule is NSc1ccc2c(c1)CCC(=O)C2. The molecule has 0 aliphatic heterocycles. The first-order chi connectivity index (χ1) is 6.29. The van der Waals surface area contributed by atoms with Gasteiger partial charge >= 0.3 is 0 Å². The number of aryl methyl sites for hydroxylation is 1. The van der Waals surface area contributed by atoms with Crippen molar-refractivity contribution in [3.63, 3.8) is 0 Å². The van der Waals surface area contributed by atoms with Crippen LogP contribution in [0, 0.1) is 0 Å². The topological polar surface area (TPSA) is 43.1 Å². The number of nitrogens with two attached hydrogens (primary N) is 1. The van der Waals surface area contributed by atoms with Crippen LogP contribution in [0.1, 0.15) is 17.5 Å². The molecule has 13 heavy (non-hydrogen) atoms. The minimum atomic E-state index is 0.348. The van der Waals surface area contributed by atoms with E-state index in [1.165, 1.54) is 23.1 Å². The Labute approximate surface area is 81.6 Å². The van der Waals surface area contributed by atoms with Gasteiger partial charge in [0.15, 0.2) is 0 Å². The zero-order valence-electron chi connectivity index (χ0n) is 7.25. The molecule has 0 saturated carbocycles. The van der Waals surface area contributed by atoms with Crippen molar-refractivity contribution in [2.45, 2.75) is 24.2 Å². The number of hydrogen-bond donors (Lipinski definition) is 1. The van der Waals surface area contributed by atoms with Crippen LogP contribution in [-0.2, 0) is 17.6 Å². The maximum atomic E-state index is 11.2. The first-order valence-corrected chi connectivity index (χ1v) is 5.18. The van der Waals surface area contributed by atoms with E-state index in [1.807, 2.05) is 12.1 Å². The molecule has 0 unspecified atom stereocenters. The summed E-state index contributed by atoms with van der Waals surface area (Å²) in [6.07, 6.45) is 2.17. The van der Waals surface area contributed by atoms with Crippen LogP contribution in [0.5, 0.6) is 0 Å². The quantitative estimate of drug-likeness (QED) is 0.690. The van der Waals surface area contributed by atoms with Crippen LogP contribution in [0.15, 0.2) is 23.1 Å². The number of ketones is 1. The summed E-state index contributed by atoms with van der Waals surface area (Å²) < 4.78 is 0. The Morgan fingerprint density at radius 3 is 2.85 bits per heavy atom. The predicted molar refractivity (Wildman–Crippen MR) is 53.5 cm³/mol. The third-order valence-corrected chi connectivity index (χ3v) is 2.90.